The van der Waals surface area contributed by atoms with E-state index in [9.17, 15) is 8.42 Å². The Morgan fingerprint density at radius 3 is 2.40 bits per heavy atom. The van der Waals surface area contributed by atoms with E-state index in [0.717, 1.165) is 5.56 Å². The molecule has 130 valence electrons. The minimum atomic E-state index is -3.84. The van der Waals surface area contributed by atoms with Crippen molar-refractivity contribution in [2.45, 2.75) is 10.9 Å². The van der Waals surface area contributed by atoms with Crippen LogP contribution in [0.25, 0.3) is 0 Å². The second-order valence-corrected chi connectivity index (χ2v) is 7.97. The van der Waals surface area contributed by atoms with E-state index in [4.69, 9.17) is 23.2 Å². The van der Waals surface area contributed by atoms with E-state index in [1.807, 2.05) is 37.4 Å². The number of rotatable bonds is 5. The molecule has 0 saturated carbocycles. The number of hydrogen-bond acceptors (Lipinski definition) is 3. The van der Waals surface area contributed by atoms with Crippen LogP contribution in [0.5, 0.6) is 0 Å². The maximum atomic E-state index is 12.8. The first-order valence-electron chi connectivity index (χ1n) is 7.38. The van der Waals surface area contributed by atoms with Crippen LogP contribution in [-0.4, -0.2) is 18.0 Å². The van der Waals surface area contributed by atoms with E-state index < -0.39 is 16.1 Å². The minimum Gasteiger partial charge on any atom is -0.336 e. The summed E-state index contributed by atoms with van der Waals surface area (Å²) in [5.74, 6) is 0.579. The molecule has 0 fully saturated rings. The second-order valence-electron chi connectivity index (χ2n) is 5.44. The molecule has 0 aliphatic carbocycles. The molecule has 0 spiro atoms. The first-order valence-corrected chi connectivity index (χ1v) is 9.62. The summed E-state index contributed by atoms with van der Waals surface area (Å²) >= 11 is 11.8. The molecule has 3 aromatic rings. The molecule has 0 bridgehead atoms. The zero-order valence-electron chi connectivity index (χ0n) is 13.2. The van der Waals surface area contributed by atoms with Gasteiger partial charge in [0.15, 0.2) is 0 Å². The summed E-state index contributed by atoms with van der Waals surface area (Å²) in [5.41, 5.74) is 0.778. The molecule has 0 radical (unpaired) electrons. The number of nitrogens with zero attached hydrogens (tertiary/aromatic N) is 2. The highest BCUT2D eigenvalue weighted by molar-refractivity contribution is 7.89. The summed E-state index contributed by atoms with van der Waals surface area (Å²) in [4.78, 5) is 4.33. The van der Waals surface area contributed by atoms with Crippen LogP contribution < -0.4 is 4.72 Å². The molecule has 3 rings (SSSR count). The van der Waals surface area contributed by atoms with E-state index >= 15 is 0 Å². The van der Waals surface area contributed by atoms with Crippen LogP contribution in [-0.2, 0) is 17.1 Å². The Morgan fingerprint density at radius 1 is 1.08 bits per heavy atom. The van der Waals surface area contributed by atoms with Gasteiger partial charge in [0.05, 0.1) is 14.9 Å². The molecule has 1 N–H and O–H groups in total. The van der Waals surface area contributed by atoms with Crippen molar-refractivity contribution < 1.29 is 8.42 Å². The number of nitrogens with one attached hydrogen (secondary N) is 1. The predicted octanol–water partition coefficient (Wildman–Crippen LogP) is 3.79. The first kappa shape index (κ1) is 17.9. The highest BCUT2D eigenvalue weighted by atomic mass is 35.5. The van der Waals surface area contributed by atoms with Gasteiger partial charge in [-0.2, -0.15) is 4.72 Å². The van der Waals surface area contributed by atoms with Crippen molar-refractivity contribution >= 4 is 33.2 Å². The number of sulfonamides is 1. The zero-order chi connectivity index (χ0) is 18.0. The van der Waals surface area contributed by atoms with E-state index in [0.29, 0.717) is 10.8 Å². The Balaban J connectivity index is 2.03. The predicted molar refractivity (Wildman–Crippen MR) is 98.3 cm³/mol. The van der Waals surface area contributed by atoms with Gasteiger partial charge < -0.3 is 4.57 Å². The first-order chi connectivity index (χ1) is 11.9. The van der Waals surface area contributed by atoms with Crippen molar-refractivity contribution in [1.29, 1.82) is 0 Å². The maximum Gasteiger partial charge on any atom is 0.241 e. The fourth-order valence-electron chi connectivity index (χ4n) is 2.44. The van der Waals surface area contributed by atoms with Crippen LogP contribution in [0, 0.1) is 0 Å². The van der Waals surface area contributed by atoms with E-state index in [1.54, 1.807) is 17.0 Å². The number of aryl methyl sites for hydroxylation is 1. The smallest absolute Gasteiger partial charge is 0.241 e. The average Bonchev–Trinajstić information content (AvgIpc) is 3.02. The van der Waals surface area contributed by atoms with Crippen LogP contribution in [0.3, 0.4) is 0 Å². The summed E-state index contributed by atoms with van der Waals surface area (Å²) in [7, 11) is -2.02. The molecule has 2 aromatic carbocycles. The Kier molecular flexibility index (Phi) is 5.15. The molecular formula is C17H15Cl2N3O2S. The molecule has 0 saturated heterocycles. The second kappa shape index (κ2) is 7.17. The lowest BCUT2D eigenvalue weighted by molar-refractivity contribution is 0.563. The number of halogens is 2. The number of aromatic nitrogens is 2. The number of benzene rings is 2. The van der Waals surface area contributed by atoms with E-state index in [-0.39, 0.29) is 9.92 Å². The van der Waals surface area contributed by atoms with Crippen molar-refractivity contribution in [3.63, 3.8) is 0 Å². The highest BCUT2D eigenvalue weighted by Gasteiger charge is 2.26. The molecule has 1 atom stereocenters. The van der Waals surface area contributed by atoms with Crippen LogP contribution in [0.15, 0.2) is 65.8 Å². The normalized spacial score (nSPS) is 12.9. The lowest BCUT2D eigenvalue weighted by Gasteiger charge is -2.19. The molecule has 0 aliphatic heterocycles. The summed E-state index contributed by atoms with van der Waals surface area (Å²) < 4.78 is 30.1. The number of hydrogen-bond donors (Lipinski definition) is 1. The highest BCUT2D eigenvalue weighted by Crippen LogP contribution is 2.27. The molecule has 0 aliphatic rings. The molecule has 0 amide bonds. The molecule has 5 nitrogen and oxygen atoms in total. The molecule has 1 aromatic heterocycles. The Labute approximate surface area is 156 Å². The summed E-state index contributed by atoms with van der Waals surface area (Å²) in [6, 6.07) is 12.8. The third kappa shape index (κ3) is 3.88. The summed E-state index contributed by atoms with van der Waals surface area (Å²) in [6.07, 6.45) is 3.39. The van der Waals surface area contributed by atoms with Gasteiger partial charge in [-0.15, -0.1) is 0 Å². The maximum absolute atomic E-state index is 12.8. The third-order valence-corrected chi connectivity index (χ3v) is 5.88. The molecule has 8 heteroatoms. The Morgan fingerprint density at radius 2 is 1.80 bits per heavy atom. The SMILES string of the molecule is Cn1ccnc1C(NS(=O)(=O)c1ccc(Cl)c(Cl)c1)c1ccccc1. The van der Waals surface area contributed by atoms with E-state index in [2.05, 4.69) is 9.71 Å². The average molecular weight is 396 g/mol. The molecular weight excluding hydrogens is 381 g/mol. The largest absolute Gasteiger partial charge is 0.336 e. The van der Waals surface area contributed by atoms with Gasteiger partial charge in [0.2, 0.25) is 10.0 Å². The molecule has 1 unspecified atom stereocenters. The van der Waals surface area contributed by atoms with Crippen molar-refractivity contribution in [3.8, 4) is 0 Å². The van der Waals surface area contributed by atoms with Crippen LogP contribution in [0.1, 0.15) is 17.4 Å². The van der Waals surface area contributed by atoms with Crippen molar-refractivity contribution in [2.75, 3.05) is 0 Å². The van der Waals surface area contributed by atoms with Gasteiger partial charge in [-0.05, 0) is 23.8 Å². The molecule has 1 heterocycles. The Hall–Kier alpha value is -1.86. The number of imidazole rings is 1. The van der Waals surface area contributed by atoms with Crippen molar-refractivity contribution in [2.24, 2.45) is 7.05 Å². The van der Waals surface area contributed by atoms with E-state index in [1.165, 1.54) is 18.2 Å². The van der Waals surface area contributed by atoms with Gasteiger partial charge in [-0.3, -0.25) is 0 Å². The Bertz CT molecular complexity index is 988. The molecule has 25 heavy (non-hydrogen) atoms. The third-order valence-electron chi connectivity index (χ3n) is 3.72. The van der Waals surface area contributed by atoms with Gasteiger partial charge in [0.25, 0.3) is 0 Å². The summed E-state index contributed by atoms with van der Waals surface area (Å²) in [5, 5.41) is 0.474. The van der Waals surface area contributed by atoms with Crippen LogP contribution in [0.4, 0.5) is 0 Å². The van der Waals surface area contributed by atoms with Gasteiger partial charge in [0, 0.05) is 19.4 Å². The van der Waals surface area contributed by atoms with Crippen molar-refractivity contribution in [1.82, 2.24) is 14.3 Å². The topological polar surface area (TPSA) is 64.0 Å². The lowest BCUT2D eigenvalue weighted by atomic mass is 10.1. The standard InChI is InChI=1S/C17H15Cl2N3O2S/c1-22-10-9-20-17(22)16(12-5-3-2-4-6-12)21-25(23,24)13-7-8-14(18)15(19)11-13/h2-11,16,21H,1H3. The summed E-state index contributed by atoms with van der Waals surface area (Å²) in [6.45, 7) is 0. The zero-order valence-corrected chi connectivity index (χ0v) is 15.6. The fourth-order valence-corrected chi connectivity index (χ4v) is 4.01. The lowest BCUT2D eigenvalue weighted by Crippen LogP contribution is -2.31. The van der Waals surface area contributed by atoms with Gasteiger partial charge in [-0.25, -0.2) is 13.4 Å². The quantitative estimate of drug-likeness (QED) is 0.714. The van der Waals surface area contributed by atoms with Gasteiger partial charge >= 0.3 is 0 Å². The van der Waals surface area contributed by atoms with Crippen LogP contribution in [0.2, 0.25) is 10.0 Å². The van der Waals surface area contributed by atoms with Crippen LogP contribution >= 0.6 is 23.2 Å². The van der Waals surface area contributed by atoms with Gasteiger partial charge in [-0.1, -0.05) is 53.5 Å². The fraction of sp³-hybridized carbons (Fsp3) is 0.118. The van der Waals surface area contributed by atoms with Gasteiger partial charge in [0.1, 0.15) is 11.9 Å². The van der Waals surface area contributed by atoms with Crippen molar-refractivity contribution in [3.05, 3.63) is 82.4 Å². The minimum absolute atomic E-state index is 0.0389. The monoisotopic (exact) mass is 395 g/mol.